The van der Waals surface area contributed by atoms with Gasteiger partial charge in [0.2, 0.25) is 0 Å². The molecule has 0 fully saturated rings. The van der Waals surface area contributed by atoms with E-state index in [4.69, 9.17) is 4.74 Å². The van der Waals surface area contributed by atoms with Crippen molar-refractivity contribution in [2.75, 3.05) is 12.4 Å². The van der Waals surface area contributed by atoms with Gasteiger partial charge in [0.05, 0.1) is 18.8 Å². The molecule has 0 aromatic heterocycles. The van der Waals surface area contributed by atoms with Crippen LogP contribution in [0.25, 0.3) is 0 Å². The van der Waals surface area contributed by atoms with Gasteiger partial charge in [0.1, 0.15) is 5.75 Å². The zero-order chi connectivity index (χ0) is 16.1. The van der Waals surface area contributed by atoms with Gasteiger partial charge >= 0.3 is 6.03 Å². The van der Waals surface area contributed by atoms with Gasteiger partial charge in [-0.05, 0) is 49.2 Å². The van der Waals surface area contributed by atoms with Crippen molar-refractivity contribution in [3.8, 4) is 5.75 Å². The fourth-order valence-corrected chi connectivity index (χ4v) is 2.53. The van der Waals surface area contributed by atoms with Gasteiger partial charge in [-0.25, -0.2) is 4.79 Å². The Hall–Kier alpha value is -2.01. The van der Waals surface area contributed by atoms with E-state index in [2.05, 4.69) is 26.6 Å². The zero-order valence-electron chi connectivity index (χ0n) is 12.8. The summed E-state index contributed by atoms with van der Waals surface area (Å²) in [6.45, 7) is 3.91. The van der Waals surface area contributed by atoms with Crippen molar-refractivity contribution in [2.24, 2.45) is 0 Å². The van der Waals surface area contributed by atoms with E-state index in [9.17, 15) is 4.79 Å². The Bertz CT molecular complexity index is 673. The summed E-state index contributed by atoms with van der Waals surface area (Å²) in [7, 11) is 1.59. The van der Waals surface area contributed by atoms with Crippen LogP contribution in [0.15, 0.2) is 46.9 Å². The number of halogens is 1. The Labute approximate surface area is 139 Å². The summed E-state index contributed by atoms with van der Waals surface area (Å²) in [4.78, 5) is 12.1. The maximum absolute atomic E-state index is 12.1. The highest BCUT2D eigenvalue weighted by molar-refractivity contribution is 9.10. The van der Waals surface area contributed by atoms with Crippen molar-refractivity contribution in [1.29, 1.82) is 0 Å². The lowest BCUT2D eigenvalue weighted by Gasteiger charge is -2.16. The monoisotopic (exact) mass is 362 g/mol. The minimum Gasteiger partial charge on any atom is -0.495 e. The molecule has 0 aliphatic heterocycles. The second kappa shape index (κ2) is 7.31. The summed E-state index contributed by atoms with van der Waals surface area (Å²) in [6, 6.07) is 13.1. The number of carbonyl (C=O) groups excluding carboxylic acids is 1. The molecule has 4 nitrogen and oxygen atoms in total. The molecule has 5 heteroatoms. The number of amides is 2. The standard InChI is InChI=1S/C17H19BrN2O2/c1-11-7-8-15(16(9-11)22-3)20-17(21)19-12(2)13-5-4-6-14(18)10-13/h4-10,12H,1-3H3,(H2,19,20,21). The molecule has 2 rings (SSSR count). The number of ether oxygens (including phenoxy) is 1. The van der Waals surface area contributed by atoms with Crippen LogP contribution in [0.2, 0.25) is 0 Å². The summed E-state index contributed by atoms with van der Waals surface area (Å²) < 4.78 is 6.27. The summed E-state index contributed by atoms with van der Waals surface area (Å²) in [5.74, 6) is 0.644. The normalized spacial score (nSPS) is 11.6. The number of hydrogen-bond donors (Lipinski definition) is 2. The number of methoxy groups -OCH3 is 1. The molecule has 0 bridgehead atoms. The number of carbonyl (C=O) groups is 1. The van der Waals surface area contributed by atoms with Gasteiger partial charge in [-0.2, -0.15) is 0 Å². The maximum atomic E-state index is 12.1. The van der Waals surface area contributed by atoms with E-state index in [-0.39, 0.29) is 12.1 Å². The first-order chi connectivity index (χ1) is 10.5. The second-order valence-corrected chi connectivity index (χ2v) is 5.99. The van der Waals surface area contributed by atoms with Crippen molar-refractivity contribution >= 4 is 27.6 Å². The Morgan fingerprint density at radius 3 is 2.68 bits per heavy atom. The molecule has 2 aromatic carbocycles. The lowest BCUT2D eigenvalue weighted by Crippen LogP contribution is -2.31. The van der Waals surface area contributed by atoms with Gasteiger partial charge in [-0.3, -0.25) is 0 Å². The third-order valence-corrected chi connectivity index (χ3v) is 3.79. The van der Waals surface area contributed by atoms with Crippen molar-refractivity contribution in [3.63, 3.8) is 0 Å². The Morgan fingerprint density at radius 2 is 2.00 bits per heavy atom. The lowest BCUT2D eigenvalue weighted by atomic mass is 10.1. The van der Waals surface area contributed by atoms with E-state index in [1.807, 2.05) is 56.3 Å². The number of benzene rings is 2. The molecule has 0 saturated heterocycles. The van der Waals surface area contributed by atoms with Crippen LogP contribution in [-0.2, 0) is 0 Å². The van der Waals surface area contributed by atoms with Crippen molar-refractivity contribution in [3.05, 3.63) is 58.1 Å². The molecule has 22 heavy (non-hydrogen) atoms. The minimum absolute atomic E-state index is 0.103. The number of hydrogen-bond acceptors (Lipinski definition) is 2. The smallest absolute Gasteiger partial charge is 0.319 e. The molecule has 0 spiro atoms. The number of rotatable bonds is 4. The Balaban J connectivity index is 2.04. The lowest BCUT2D eigenvalue weighted by molar-refractivity contribution is 0.249. The first-order valence-corrected chi connectivity index (χ1v) is 7.76. The molecule has 0 aliphatic carbocycles. The molecule has 0 saturated carbocycles. The van der Waals surface area contributed by atoms with Gasteiger partial charge in [0.15, 0.2) is 0 Å². The van der Waals surface area contributed by atoms with Crippen LogP contribution < -0.4 is 15.4 Å². The third-order valence-electron chi connectivity index (χ3n) is 3.30. The molecule has 2 N–H and O–H groups in total. The molecule has 116 valence electrons. The first-order valence-electron chi connectivity index (χ1n) is 6.97. The minimum atomic E-state index is -0.269. The quantitative estimate of drug-likeness (QED) is 0.831. The summed E-state index contributed by atoms with van der Waals surface area (Å²) in [6.07, 6.45) is 0. The molecule has 2 amide bonds. The molecule has 0 heterocycles. The first kappa shape index (κ1) is 16.4. The van der Waals surface area contributed by atoms with E-state index in [1.54, 1.807) is 7.11 Å². The topological polar surface area (TPSA) is 50.4 Å². The summed E-state index contributed by atoms with van der Waals surface area (Å²) >= 11 is 3.43. The van der Waals surface area contributed by atoms with E-state index in [0.717, 1.165) is 15.6 Å². The van der Waals surface area contributed by atoms with Crippen molar-refractivity contribution in [2.45, 2.75) is 19.9 Å². The predicted molar refractivity (Wildman–Crippen MR) is 92.4 cm³/mol. The van der Waals surface area contributed by atoms with Gasteiger partial charge in [-0.15, -0.1) is 0 Å². The fraction of sp³-hybridized carbons (Fsp3) is 0.235. The fourth-order valence-electron chi connectivity index (χ4n) is 2.12. The highest BCUT2D eigenvalue weighted by Gasteiger charge is 2.12. The van der Waals surface area contributed by atoms with Crippen LogP contribution in [-0.4, -0.2) is 13.1 Å². The molecule has 1 unspecified atom stereocenters. The molecule has 2 aromatic rings. The summed E-state index contributed by atoms with van der Waals surface area (Å²) in [5.41, 5.74) is 2.75. The van der Waals surface area contributed by atoms with Crippen LogP contribution in [0.1, 0.15) is 24.1 Å². The number of anilines is 1. The largest absolute Gasteiger partial charge is 0.495 e. The van der Waals surface area contributed by atoms with E-state index >= 15 is 0 Å². The number of urea groups is 1. The Kier molecular flexibility index (Phi) is 5.44. The van der Waals surface area contributed by atoms with Crippen LogP contribution in [0, 0.1) is 6.92 Å². The van der Waals surface area contributed by atoms with Gasteiger partial charge in [0, 0.05) is 4.47 Å². The molecular weight excluding hydrogens is 344 g/mol. The average molecular weight is 363 g/mol. The average Bonchev–Trinajstić information content (AvgIpc) is 2.49. The number of aryl methyl sites for hydroxylation is 1. The Morgan fingerprint density at radius 1 is 1.23 bits per heavy atom. The van der Waals surface area contributed by atoms with Gasteiger partial charge in [-0.1, -0.05) is 34.1 Å². The van der Waals surface area contributed by atoms with Crippen molar-refractivity contribution < 1.29 is 9.53 Å². The highest BCUT2D eigenvalue weighted by Crippen LogP contribution is 2.25. The SMILES string of the molecule is COc1cc(C)ccc1NC(=O)NC(C)c1cccc(Br)c1. The van der Waals surface area contributed by atoms with E-state index in [0.29, 0.717) is 11.4 Å². The van der Waals surface area contributed by atoms with E-state index in [1.165, 1.54) is 0 Å². The maximum Gasteiger partial charge on any atom is 0.319 e. The van der Waals surface area contributed by atoms with Gasteiger partial charge in [0.25, 0.3) is 0 Å². The molecular formula is C17H19BrN2O2. The van der Waals surface area contributed by atoms with Crippen LogP contribution in [0.5, 0.6) is 5.75 Å². The van der Waals surface area contributed by atoms with Crippen LogP contribution >= 0.6 is 15.9 Å². The molecule has 0 aliphatic rings. The van der Waals surface area contributed by atoms with Gasteiger partial charge < -0.3 is 15.4 Å². The second-order valence-electron chi connectivity index (χ2n) is 5.08. The zero-order valence-corrected chi connectivity index (χ0v) is 14.4. The van der Waals surface area contributed by atoms with E-state index < -0.39 is 0 Å². The van der Waals surface area contributed by atoms with Crippen LogP contribution in [0.3, 0.4) is 0 Å². The molecule has 1 atom stereocenters. The highest BCUT2D eigenvalue weighted by atomic mass is 79.9. The van der Waals surface area contributed by atoms with Crippen molar-refractivity contribution in [1.82, 2.24) is 5.32 Å². The molecule has 0 radical (unpaired) electrons. The third kappa shape index (κ3) is 4.24. The summed E-state index contributed by atoms with van der Waals surface area (Å²) in [5, 5.41) is 5.73. The predicted octanol–water partition coefficient (Wildman–Crippen LogP) is 4.65. The van der Waals surface area contributed by atoms with Crippen LogP contribution in [0.4, 0.5) is 10.5 Å². The number of nitrogens with one attached hydrogen (secondary N) is 2.